The van der Waals surface area contributed by atoms with Crippen LogP contribution in [0.25, 0.3) is 11.1 Å². The van der Waals surface area contributed by atoms with Gasteiger partial charge >= 0.3 is 6.09 Å². The fraction of sp³-hybridized carbons (Fsp3) is 0.577. The van der Waals surface area contributed by atoms with Crippen LogP contribution in [-0.2, 0) is 57.6 Å². The topological polar surface area (TPSA) is 201 Å². The van der Waals surface area contributed by atoms with Gasteiger partial charge in [-0.05, 0) is 195 Å². The lowest BCUT2D eigenvalue weighted by atomic mass is 9.83. The van der Waals surface area contributed by atoms with Gasteiger partial charge in [0.2, 0.25) is 17.7 Å². The number of fused-ring (bicyclic) bond motifs is 1. The van der Waals surface area contributed by atoms with Crippen molar-refractivity contribution in [2.45, 2.75) is 163 Å². The Morgan fingerprint density at radius 3 is 1.93 bits per heavy atom. The number of aromatic nitrogens is 1. The van der Waals surface area contributed by atoms with Crippen molar-refractivity contribution in [2.24, 2.45) is 11.8 Å². The third kappa shape index (κ3) is 22.1. The second-order valence-corrected chi connectivity index (χ2v) is 27.6. The van der Waals surface area contributed by atoms with Crippen molar-refractivity contribution < 1.29 is 61.8 Å². The predicted molar refractivity (Wildman–Crippen MR) is 380 cm³/mol. The SMILES string of the molecule is CCN(c1cc(-c2ccc(OCCOCCOCCOCCOCCOc3ccc(CCN4CC[C@@H]5CCN(C(=O)[C@@H](NC(=O)[C@H](C)N(C)C(=O)OC(C)(C)C)C6CCCCC6)[C@@H]5C4)cc3)cc2)cc(C(=O)NCc2c(C)cc(C)nc2OCc2ccccc2)c1C)C1CCOCC1. The molecule has 4 amide bonds. The molecule has 534 valence electrons. The third-order valence-electron chi connectivity index (χ3n) is 19.5. The Morgan fingerprint density at radius 1 is 0.694 bits per heavy atom. The molecule has 3 aliphatic heterocycles. The minimum absolute atomic E-state index is 0.0202. The monoisotopic (exact) mass is 1350 g/mol. The third-order valence-corrected chi connectivity index (χ3v) is 19.5. The molecule has 3 saturated heterocycles. The van der Waals surface area contributed by atoms with Crippen LogP contribution in [0.5, 0.6) is 17.4 Å². The molecular formula is C78H109N7O13. The molecule has 1 saturated carbocycles. The number of ether oxygens (including phenoxy) is 9. The smallest absolute Gasteiger partial charge is 0.410 e. The molecule has 9 rings (SSSR count). The van der Waals surface area contributed by atoms with Crippen molar-refractivity contribution in [3.05, 3.63) is 136 Å². The minimum atomic E-state index is -0.794. The maximum absolute atomic E-state index is 14.6. The molecule has 98 heavy (non-hydrogen) atoms. The van der Waals surface area contributed by atoms with E-state index in [1.54, 1.807) is 34.7 Å². The van der Waals surface area contributed by atoms with E-state index in [0.29, 0.717) is 116 Å². The maximum Gasteiger partial charge on any atom is 0.410 e. The molecule has 20 nitrogen and oxygen atoms in total. The summed E-state index contributed by atoms with van der Waals surface area (Å²) in [6.07, 6.45) is 9.22. The number of nitrogens with zero attached hydrogens (tertiary/aromatic N) is 5. The van der Waals surface area contributed by atoms with E-state index in [4.69, 9.17) is 47.6 Å². The minimum Gasteiger partial charge on any atom is -0.491 e. The second-order valence-electron chi connectivity index (χ2n) is 27.6. The number of benzene rings is 4. The number of likely N-dealkylation sites (N-methyl/N-ethyl adjacent to an activating group) is 1. The summed E-state index contributed by atoms with van der Waals surface area (Å²) in [6.45, 7) is 25.9. The van der Waals surface area contributed by atoms with Gasteiger partial charge in [0.05, 0.1) is 52.9 Å². The van der Waals surface area contributed by atoms with Crippen molar-refractivity contribution in [2.75, 3.05) is 124 Å². The van der Waals surface area contributed by atoms with Crippen LogP contribution in [0.1, 0.15) is 136 Å². The molecule has 1 aromatic heterocycles. The number of hydrogen-bond donors (Lipinski definition) is 2. The lowest BCUT2D eigenvalue weighted by molar-refractivity contribution is -0.141. The van der Waals surface area contributed by atoms with E-state index in [2.05, 4.69) is 50.5 Å². The van der Waals surface area contributed by atoms with Crippen LogP contribution in [0.3, 0.4) is 0 Å². The number of nitrogens with one attached hydrogen (secondary N) is 2. The van der Waals surface area contributed by atoms with Gasteiger partial charge in [0.25, 0.3) is 5.91 Å². The molecule has 4 aromatic carbocycles. The van der Waals surface area contributed by atoms with E-state index in [9.17, 15) is 19.2 Å². The Kier molecular flexibility index (Phi) is 28.8. The zero-order valence-electron chi connectivity index (χ0n) is 59.8. The molecular weight excluding hydrogens is 1240 g/mol. The largest absolute Gasteiger partial charge is 0.491 e. The molecule has 5 aromatic rings. The van der Waals surface area contributed by atoms with Gasteiger partial charge in [-0.2, -0.15) is 0 Å². The first-order valence-electron chi connectivity index (χ1n) is 35.9. The first-order valence-corrected chi connectivity index (χ1v) is 35.9. The normalized spacial score (nSPS) is 17.5. The van der Waals surface area contributed by atoms with E-state index >= 15 is 0 Å². The van der Waals surface area contributed by atoms with Gasteiger partial charge in [0.1, 0.15) is 49.0 Å². The number of hydrogen-bond acceptors (Lipinski definition) is 16. The molecule has 4 aliphatic rings. The van der Waals surface area contributed by atoms with Gasteiger partial charge in [0, 0.05) is 87.6 Å². The Balaban J connectivity index is 0.625. The molecule has 0 bridgehead atoms. The van der Waals surface area contributed by atoms with E-state index in [-0.39, 0.29) is 36.2 Å². The fourth-order valence-corrected chi connectivity index (χ4v) is 13.8. The highest BCUT2D eigenvalue weighted by Gasteiger charge is 2.45. The summed E-state index contributed by atoms with van der Waals surface area (Å²) < 4.78 is 52.6. The van der Waals surface area contributed by atoms with Gasteiger partial charge in [0.15, 0.2) is 0 Å². The van der Waals surface area contributed by atoms with Crippen molar-refractivity contribution in [3.8, 4) is 28.5 Å². The highest BCUT2D eigenvalue weighted by Crippen LogP contribution is 2.37. The average molecular weight is 1350 g/mol. The fourth-order valence-electron chi connectivity index (χ4n) is 13.8. The summed E-state index contributed by atoms with van der Waals surface area (Å²) in [5, 5.41) is 6.38. The van der Waals surface area contributed by atoms with Crippen molar-refractivity contribution in [1.82, 2.24) is 30.3 Å². The molecule has 20 heteroatoms. The summed E-state index contributed by atoms with van der Waals surface area (Å²) in [7, 11) is 1.57. The van der Waals surface area contributed by atoms with Crippen LogP contribution < -0.4 is 29.7 Å². The number of likely N-dealkylation sites (tertiary alicyclic amines) is 2. The maximum atomic E-state index is 14.6. The van der Waals surface area contributed by atoms with Crippen molar-refractivity contribution >= 4 is 29.5 Å². The number of anilines is 1. The standard InChI is InChI=1S/C78H109N7O13/c1-10-84(65-32-37-90-38-33-65)70-51-64(50-68(57(70)4)74(87)79-52-69-55(2)49-56(3)80-75(69)97-54-60-17-13-11-14-18-60)61-23-27-67(28-24-61)96-48-46-94-44-42-92-40-39-91-41-43-93-45-47-95-66-25-21-59(22-26-66)29-34-83-35-30-62-31-36-85(71(62)53-83)76(88)72(63-19-15-12-16-20-63)81-73(86)58(5)82(9)77(89)98-78(6,7)8/h11,13-14,17-18,21-28,49-51,58,62-63,65,71-72H,10,12,15-16,19-20,29-48,52-54H2,1-9H3,(H,79,87)(H,81,86)/t58-,62+,71+,72-/m0/s1. The lowest BCUT2D eigenvalue weighted by Gasteiger charge is -2.41. The van der Waals surface area contributed by atoms with Crippen LogP contribution in [0.15, 0.2) is 97.1 Å². The Morgan fingerprint density at radius 2 is 1.31 bits per heavy atom. The Labute approximate surface area is 582 Å². The van der Waals surface area contributed by atoms with Crippen LogP contribution in [0.2, 0.25) is 0 Å². The number of carbonyl (C=O) groups excluding carboxylic acids is 4. The van der Waals surface area contributed by atoms with Gasteiger partial charge in [-0.25, -0.2) is 9.78 Å². The van der Waals surface area contributed by atoms with Gasteiger partial charge in [-0.1, -0.05) is 73.9 Å². The van der Waals surface area contributed by atoms with E-state index < -0.39 is 23.8 Å². The van der Waals surface area contributed by atoms with Crippen LogP contribution in [-0.4, -0.2) is 192 Å². The summed E-state index contributed by atoms with van der Waals surface area (Å²) in [4.78, 5) is 68.6. The van der Waals surface area contributed by atoms with Gasteiger partial charge in [-0.3, -0.25) is 19.3 Å². The molecule has 0 spiro atoms. The van der Waals surface area contributed by atoms with Crippen LogP contribution in [0.4, 0.5) is 10.5 Å². The predicted octanol–water partition coefficient (Wildman–Crippen LogP) is 11.5. The molecule has 4 heterocycles. The Bertz CT molecular complexity index is 3300. The summed E-state index contributed by atoms with van der Waals surface area (Å²) in [6, 6.07) is 31.5. The van der Waals surface area contributed by atoms with Gasteiger partial charge in [-0.15, -0.1) is 0 Å². The summed E-state index contributed by atoms with van der Waals surface area (Å²) >= 11 is 0. The molecule has 4 fully saturated rings. The van der Waals surface area contributed by atoms with E-state index in [1.165, 1.54) is 10.5 Å². The molecule has 1 aliphatic carbocycles. The zero-order valence-corrected chi connectivity index (χ0v) is 59.8. The first-order chi connectivity index (χ1) is 47.4. The molecule has 4 atom stereocenters. The average Bonchev–Trinajstić information content (AvgIpc) is 1.21. The first kappa shape index (κ1) is 74.9. The van der Waals surface area contributed by atoms with Gasteiger partial charge < -0.3 is 68.0 Å². The van der Waals surface area contributed by atoms with Crippen molar-refractivity contribution in [1.29, 1.82) is 0 Å². The molecule has 2 N–H and O–H groups in total. The van der Waals surface area contributed by atoms with Crippen LogP contribution >= 0.6 is 0 Å². The van der Waals surface area contributed by atoms with E-state index in [0.717, 1.165) is 147 Å². The number of piperidine rings is 1. The number of amides is 4. The highest BCUT2D eigenvalue weighted by molar-refractivity contribution is 5.99. The van der Waals surface area contributed by atoms with Crippen LogP contribution in [0, 0.1) is 32.6 Å². The summed E-state index contributed by atoms with van der Waals surface area (Å²) in [5.74, 6) is 2.08. The number of pyridine rings is 1. The zero-order chi connectivity index (χ0) is 69.4. The Hall–Kier alpha value is -7.33. The second kappa shape index (κ2) is 37.7. The summed E-state index contributed by atoms with van der Waals surface area (Å²) in [5.41, 5.74) is 8.79. The molecule has 0 unspecified atom stereocenters. The van der Waals surface area contributed by atoms with Crippen molar-refractivity contribution in [3.63, 3.8) is 0 Å². The number of aryl methyl sites for hydroxylation is 2. The molecule has 0 radical (unpaired) electrons. The number of carbonyl (C=O) groups is 4. The van der Waals surface area contributed by atoms with E-state index in [1.807, 2.05) is 99.6 Å². The quantitative estimate of drug-likeness (QED) is 0.0362. The highest BCUT2D eigenvalue weighted by atomic mass is 16.6. The lowest BCUT2D eigenvalue weighted by Crippen LogP contribution is -2.59. The number of rotatable bonds is 35.